The molecular formula is C15H18N2S. The Morgan fingerprint density at radius 2 is 1.94 bits per heavy atom. The topological polar surface area (TPSA) is 24.9 Å². The fourth-order valence-corrected chi connectivity index (χ4v) is 3.45. The Bertz CT molecular complexity index is 538. The van der Waals surface area contributed by atoms with Crippen LogP contribution in [0.1, 0.15) is 21.8 Å². The molecular weight excluding hydrogens is 240 g/mol. The predicted octanol–water partition coefficient (Wildman–Crippen LogP) is 2.84. The standard InChI is InChI=1S/C15H18N2S/c1-11-3-5-13(6-4-11)15(9-16-10-15)7-14-17-12(2)8-18-14/h3-6,8,16H,7,9-10H2,1-2H3. The Kier molecular flexibility index (Phi) is 2.96. The molecule has 2 heterocycles. The number of aryl methyl sites for hydroxylation is 2. The number of rotatable bonds is 3. The molecule has 1 aromatic heterocycles. The van der Waals surface area contributed by atoms with Crippen molar-refractivity contribution in [2.75, 3.05) is 13.1 Å². The highest BCUT2D eigenvalue weighted by Crippen LogP contribution is 2.33. The molecule has 2 aromatic rings. The zero-order valence-corrected chi connectivity index (χ0v) is 11.7. The van der Waals surface area contributed by atoms with Gasteiger partial charge in [0.2, 0.25) is 0 Å². The summed E-state index contributed by atoms with van der Waals surface area (Å²) in [7, 11) is 0. The highest BCUT2D eigenvalue weighted by molar-refractivity contribution is 7.09. The van der Waals surface area contributed by atoms with Gasteiger partial charge in [-0.3, -0.25) is 0 Å². The molecule has 2 nitrogen and oxygen atoms in total. The van der Waals surface area contributed by atoms with E-state index >= 15 is 0 Å². The summed E-state index contributed by atoms with van der Waals surface area (Å²) in [6, 6.07) is 8.97. The van der Waals surface area contributed by atoms with Crippen molar-refractivity contribution in [1.29, 1.82) is 0 Å². The smallest absolute Gasteiger partial charge is 0.0938 e. The molecule has 1 aromatic carbocycles. The van der Waals surface area contributed by atoms with E-state index in [1.165, 1.54) is 16.1 Å². The maximum atomic E-state index is 4.61. The van der Waals surface area contributed by atoms with Gasteiger partial charge in [-0.1, -0.05) is 29.8 Å². The predicted molar refractivity (Wildman–Crippen MR) is 76.3 cm³/mol. The lowest BCUT2D eigenvalue weighted by atomic mass is 9.72. The average molecular weight is 258 g/mol. The van der Waals surface area contributed by atoms with Gasteiger partial charge >= 0.3 is 0 Å². The first-order valence-electron chi connectivity index (χ1n) is 6.37. The lowest BCUT2D eigenvalue weighted by Crippen LogP contribution is -2.58. The van der Waals surface area contributed by atoms with E-state index < -0.39 is 0 Å². The molecule has 0 radical (unpaired) electrons. The zero-order valence-electron chi connectivity index (χ0n) is 10.9. The van der Waals surface area contributed by atoms with Crippen LogP contribution in [0.3, 0.4) is 0 Å². The summed E-state index contributed by atoms with van der Waals surface area (Å²) < 4.78 is 0. The third-order valence-electron chi connectivity index (χ3n) is 3.75. The van der Waals surface area contributed by atoms with Gasteiger partial charge in [0.05, 0.1) is 5.01 Å². The molecule has 0 spiro atoms. The van der Waals surface area contributed by atoms with Crippen LogP contribution in [0.2, 0.25) is 0 Å². The minimum atomic E-state index is 0.262. The van der Waals surface area contributed by atoms with Crippen molar-refractivity contribution >= 4 is 11.3 Å². The van der Waals surface area contributed by atoms with Gasteiger partial charge in [-0.05, 0) is 19.4 Å². The monoisotopic (exact) mass is 258 g/mol. The number of nitrogens with zero attached hydrogens (tertiary/aromatic N) is 1. The minimum Gasteiger partial charge on any atom is -0.315 e. The molecule has 18 heavy (non-hydrogen) atoms. The van der Waals surface area contributed by atoms with Crippen molar-refractivity contribution in [3.63, 3.8) is 0 Å². The molecule has 3 heteroatoms. The van der Waals surface area contributed by atoms with Gasteiger partial charge in [0, 0.05) is 36.0 Å². The molecule has 94 valence electrons. The van der Waals surface area contributed by atoms with Gasteiger partial charge in [0.1, 0.15) is 0 Å². The van der Waals surface area contributed by atoms with E-state index in [1.54, 1.807) is 11.3 Å². The summed E-state index contributed by atoms with van der Waals surface area (Å²) in [6.07, 6.45) is 1.06. The van der Waals surface area contributed by atoms with Crippen molar-refractivity contribution in [1.82, 2.24) is 10.3 Å². The second-order valence-electron chi connectivity index (χ2n) is 5.31. The normalized spacial score (nSPS) is 17.4. The molecule has 1 saturated heterocycles. The minimum absolute atomic E-state index is 0.262. The van der Waals surface area contributed by atoms with Crippen molar-refractivity contribution in [2.24, 2.45) is 0 Å². The summed E-state index contributed by atoms with van der Waals surface area (Å²) in [5.74, 6) is 0. The quantitative estimate of drug-likeness (QED) is 0.915. The van der Waals surface area contributed by atoms with Gasteiger partial charge in [0.25, 0.3) is 0 Å². The van der Waals surface area contributed by atoms with Gasteiger partial charge in [0.15, 0.2) is 0 Å². The Hall–Kier alpha value is -1.19. The Labute approximate surface area is 112 Å². The molecule has 3 rings (SSSR count). The molecule has 0 aliphatic carbocycles. The van der Waals surface area contributed by atoms with Crippen molar-refractivity contribution < 1.29 is 0 Å². The largest absolute Gasteiger partial charge is 0.315 e. The maximum Gasteiger partial charge on any atom is 0.0938 e. The van der Waals surface area contributed by atoms with E-state index in [9.17, 15) is 0 Å². The Morgan fingerprint density at radius 3 is 2.44 bits per heavy atom. The fourth-order valence-electron chi connectivity index (χ4n) is 2.54. The van der Waals surface area contributed by atoms with Gasteiger partial charge in [-0.25, -0.2) is 4.98 Å². The van der Waals surface area contributed by atoms with Gasteiger partial charge in [-0.2, -0.15) is 0 Å². The summed E-state index contributed by atoms with van der Waals surface area (Å²) in [6.45, 7) is 6.33. The third kappa shape index (κ3) is 2.08. The van der Waals surface area contributed by atoms with Crippen molar-refractivity contribution in [2.45, 2.75) is 25.7 Å². The van der Waals surface area contributed by atoms with Crippen LogP contribution < -0.4 is 5.32 Å². The summed E-state index contributed by atoms with van der Waals surface area (Å²) in [4.78, 5) is 4.61. The van der Waals surface area contributed by atoms with Crippen LogP contribution in [-0.4, -0.2) is 18.1 Å². The highest BCUT2D eigenvalue weighted by atomic mass is 32.1. The van der Waals surface area contributed by atoms with Crippen molar-refractivity contribution in [3.8, 4) is 0 Å². The number of thiazole rings is 1. The lowest BCUT2D eigenvalue weighted by molar-refractivity contribution is 0.274. The number of benzene rings is 1. The van der Waals surface area contributed by atoms with Crippen LogP contribution in [0.15, 0.2) is 29.6 Å². The zero-order chi connectivity index (χ0) is 12.6. The molecule has 0 atom stereocenters. The van der Waals surface area contributed by atoms with Gasteiger partial charge in [-0.15, -0.1) is 11.3 Å². The Balaban J connectivity index is 1.88. The van der Waals surface area contributed by atoms with Crippen LogP contribution in [0.5, 0.6) is 0 Å². The van der Waals surface area contributed by atoms with E-state index in [2.05, 4.69) is 53.8 Å². The lowest BCUT2D eigenvalue weighted by Gasteiger charge is -2.43. The van der Waals surface area contributed by atoms with E-state index in [1.807, 2.05) is 0 Å². The molecule has 1 aliphatic heterocycles. The number of hydrogen-bond donors (Lipinski definition) is 1. The first-order valence-corrected chi connectivity index (χ1v) is 7.25. The highest BCUT2D eigenvalue weighted by Gasteiger charge is 2.39. The SMILES string of the molecule is Cc1ccc(C2(Cc3nc(C)cs3)CNC2)cc1. The maximum absolute atomic E-state index is 4.61. The first-order chi connectivity index (χ1) is 8.68. The fraction of sp³-hybridized carbons (Fsp3) is 0.400. The van der Waals surface area contributed by atoms with Crippen LogP contribution in [0.25, 0.3) is 0 Å². The number of nitrogens with one attached hydrogen (secondary N) is 1. The van der Waals surface area contributed by atoms with E-state index in [4.69, 9.17) is 0 Å². The summed E-state index contributed by atoms with van der Waals surface area (Å²) in [5, 5.41) is 6.82. The third-order valence-corrected chi connectivity index (χ3v) is 4.71. The van der Waals surface area contributed by atoms with Gasteiger partial charge < -0.3 is 5.32 Å². The van der Waals surface area contributed by atoms with Crippen LogP contribution in [0.4, 0.5) is 0 Å². The Morgan fingerprint density at radius 1 is 1.22 bits per heavy atom. The molecule has 0 bridgehead atoms. The molecule has 0 saturated carbocycles. The number of hydrogen-bond acceptors (Lipinski definition) is 3. The molecule has 0 amide bonds. The van der Waals surface area contributed by atoms with Crippen molar-refractivity contribution in [3.05, 3.63) is 51.5 Å². The first kappa shape index (κ1) is 11.9. The molecule has 1 aliphatic rings. The second kappa shape index (κ2) is 4.48. The summed E-state index contributed by atoms with van der Waals surface area (Å²) in [5.41, 5.74) is 4.17. The van der Waals surface area contributed by atoms with E-state index in [0.717, 1.165) is 25.2 Å². The average Bonchev–Trinajstić information content (AvgIpc) is 2.71. The van der Waals surface area contributed by atoms with E-state index in [0.29, 0.717) is 0 Å². The van der Waals surface area contributed by atoms with E-state index in [-0.39, 0.29) is 5.41 Å². The number of aromatic nitrogens is 1. The second-order valence-corrected chi connectivity index (χ2v) is 6.25. The van der Waals surface area contributed by atoms with Crippen LogP contribution in [0, 0.1) is 13.8 Å². The van der Waals surface area contributed by atoms with Crippen LogP contribution in [-0.2, 0) is 11.8 Å². The molecule has 1 N–H and O–H groups in total. The summed E-state index contributed by atoms with van der Waals surface area (Å²) >= 11 is 1.78. The van der Waals surface area contributed by atoms with Crippen LogP contribution >= 0.6 is 11.3 Å². The molecule has 0 unspecified atom stereocenters. The molecule has 1 fully saturated rings.